The molecule has 0 spiro atoms. The molecule has 0 radical (unpaired) electrons. The van der Waals surface area contributed by atoms with Crippen LogP contribution in [0.3, 0.4) is 0 Å². The van der Waals surface area contributed by atoms with Crippen molar-refractivity contribution < 1.29 is 4.42 Å². The van der Waals surface area contributed by atoms with Gasteiger partial charge in [-0.2, -0.15) is 4.98 Å². The largest absolute Gasteiger partial charge is 0.432 e. The van der Waals surface area contributed by atoms with Crippen LogP contribution in [0.5, 0.6) is 0 Å². The molecule has 0 aliphatic heterocycles. The number of rotatable bonds is 6. The Labute approximate surface area is 104 Å². The Morgan fingerprint density at radius 3 is 2.65 bits per heavy atom. The number of hydrogen-bond acceptors (Lipinski definition) is 4. The number of anilines is 1. The van der Waals surface area contributed by atoms with Crippen molar-refractivity contribution in [2.45, 2.75) is 59.2 Å². The molecular weight excluding hydrogens is 214 g/mol. The molecule has 4 nitrogen and oxygen atoms in total. The Hall–Kier alpha value is -1.03. The standard InChI is InChI=1S/C13H25N3O/c1-7-13(4,5)16(6)12-15-11(9-17-12)8-14-10(2)3/h9-10,14H,7-8H2,1-6H3. The summed E-state index contributed by atoms with van der Waals surface area (Å²) in [4.78, 5) is 6.58. The van der Waals surface area contributed by atoms with Crippen molar-refractivity contribution in [1.29, 1.82) is 0 Å². The van der Waals surface area contributed by atoms with Crippen LogP contribution in [0.25, 0.3) is 0 Å². The summed E-state index contributed by atoms with van der Waals surface area (Å²) >= 11 is 0. The lowest BCUT2D eigenvalue weighted by atomic mass is 10.0. The topological polar surface area (TPSA) is 41.3 Å². The molecule has 0 aliphatic carbocycles. The van der Waals surface area contributed by atoms with Gasteiger partial charge in [-0.15, -0.1) is 0 Å². The first-order chi connectivity index (χ1) is 7.86. The first kappa shape index (κ1) is 14.0. The number of hydrogen-bond donors (Lipinski definition) is 1. The summed E-state index contributed by atoms with van der Waals surface area (Å²) in [5, 5.41) is 3.33. The van der Waals surface area contributed by atoms with Crippen LogP contribution in [-0.4, -0.2) is 23.6 Å². The van der Waals surface area contributed by atoms with Crippen LogP contribution in [-0.2, 0) is 6.54 Å². The van der Waals surface area contributed by atoms with Gasteiger partial charge in [-0.3, -0.25) is 0 Å². The second-order valence-corrected chi connectivity index (χ2v) is 5.38. The van der Waals surface area contributed by atoms with E-state index in [-0.39, 0.29) is 5.54 Å². The third kappa shape index (κ3) is 3.73. The Morgan fingerprint density at radius 1 is 1.47 bits per heavy atom. The second kappa shape index (κ2) is 5.54. The predicted molar refractivity (Wildman–Crippen MR) is 71.3 cm³/mol. The van der Waals surface area contributed by atoms with E-state index in [4.69, 9.17) is 4.42 Å². The zero-order chi connectivity index (χ0) is 13.1. The summed E-state index contributed by atoms with van der Waals surface area (Å²) in [7, 11) is 2.02. The van der Waals surface area contributed by atoms with Gasteiger partial charge in [0.1, 0.15) is 6.26 Å². The van der Waals surface area contributed by atoms with Gasteiger partial charge in [0.05, 0.1) is 5.69 Å². The molecule has 1 N–H and O–H groups in total. The molecule has 1 rings (SSSR count). The second-order valence-electron chi connectivity index (χ2n) is 5.38. The van der Waals surface area contributed by atoms with Gasteiger partial charge in [0, 0.05) is 25.2 Å². The molecule has 0 saturated heterocycles. The van der Waals surface area contributed by atoms with Crippen molar-refractivity contribution in [1.82, 2.24) is 10.3 Å². The minimum atomic E-state index is 0.0631. The molecule has 1 heterocycles. The lowest BCUT2D eigenvalue weighted by Gasteiger charge is -2.33. The molecule has 0 amide bonds. The van der Waals surface area contributed by atoms with E-state index in [9.17, 15) is 0 Å². The first-order valence-electron chi connectivity index (χ1n) is 6.28. The average Bonchev–Trinajstić information content (AvgIpc) is 2.73. The SMILES string of the molecule is CCC(C)(C)N(C)c1nc(CNC(C)C)co1. The summed E-state index contributed by atoms with van der Waals surface area (Å²) in [6.45, 7) is 11.5. The van der Waals surface area contributed by atoms with E-state index in [0.29, 0.717) is 12.1 Å². The summed E-state index contributed by atoms with van der Waals surface area (Å²) in [5.41, 5.74) is 1.01. The molecule has 0 fully saturated rings. The highest BCUT2D eigenvalue weighted by Gasteiger charge is 2.24. The molecule has 0 aromatic carbocycles. The van der Waals surface area contributed by atoms with Crippen molar-refractivity contribution in [2.24, 2.45) is 0 Å². The minimum absolute atomic E-state index is 0.0631. The van der Waals surface area contributed by atoms with E-state index < -0.39 is 0 Å². The van der Waals surface area contributed by atoms with Crippen LogP contribution in [0.15, 0.2) is 10.7 Å². The number of nitrogens with one attached hydrogen (secondary N) is 1. The fourth-order valence-corrected chi connectivity index (χ4v) is 1.34. The number of nitrogens with zero attached hydrogens (tertiary/aromatic N) is 2. The Kier molecular flexibility index (Phi) is 4.57. The van der Waals surface area contributed by atoms with E-state index in [1.54, 1.807) is 6.26 Å². The Bertz CT molecular complexity index is 344. The molecule has 0 bridgehead atoms. The fraction of sp³-hybridized carbons (Fsp3) is 0.769. The maximum atomic E-state index is 5.52. The van der Waals surface area contributed by atoms with Gasteiger partial charge in [0.2, 0.25) is 0 Å². The fourth-order valence-electron chi connectivity index (χ4n) is 1.34. The van der Waals surface area contributed by atoms with E-state index in [1.807, 2.05) is 7.05 Å². The number of oxazole rings is 1. The van der Waals surface area contributed by atoms with Crippen LogP contribution in [0.2, 0.25) is 0 Å². The van der Waals surface area contributed by atoms with E-state index in [0.717, 1.165) is 18.7 Å². The summed E-state index contributed by atoms with van der Waals surface area (Å²) in [6, 6.07) is 1.15. The highest BCUT2D eigenvalue weighted by molar-refractivity contribution is 5.30. The highest BCUT2D eigenvalue weighted by Crippen LogP contribution is 2.23. The molecule has 17 heavy (non-hydrogen) atoms. The lowest BCUT2D eigenvalue weighted by molar-refractivity contribution is 0.424. The van der Waals surface area contributed by atoms with Crippen LogP contribution in [0, 0.1) is 0 Å². The van der Waals surface area contributed by atoms with Gasteiger partial charge < -0.3 is 14.6 Å². The third-order valence-corrected chi connectivity index (χ3v) is 3.29. The molecule has 1 aromatic rings. The van der Waals surface area contributed by atoms with Gasteiger partial charge in [0.15, 0.2) is 0 Å². The van der Waals surface area contributed by atoms with E-state index >= 15 is 0 Å². The van der Waals surface area contributed by atoms with Gasteiger partial charge in [-0.1, -0.05) is 20.8 Å². The minimum Gasteiger partial charge on any atom is -0.432 e. The molecular formula is C13H25N3O. The molecule has 0 unspecified atom stereocenters. The van der Waals surface area contributed by atoms with E-state index in [2.05, 4.69) is 49.8 Å². The van der Waals surface area contributed by atoms with Crippen molar-refractivity contribution in [3.8, 4) is 0 Å². The van der Waals surface area contributed by atoms with Gasteiger partial charge >= 0.3 is 0 Å². The quantitative estimate of drug-likeness (QED) is 0.829. The third-order valence-electron chi connectivity index (χ3n) is 3.29. The Morgan fingerprint density at radius 2 is 2.12 bits per heavy atom. The highest BCUT2D eigenvalue weighted by atomic mass is 16.4. The monoisotopic (exact) mass is 239 g/mol. The normalized spacial score (nSPS) is 12.2. The van der Waals surface area contributed by atoms with Crippen molar-refractivity contribution in [3.05, 3.63) is 12.0 Å². The van der Waals surface area contributed by atoms with Crippen LogP contribution < -0.4 is 10.2 Å². The summed E-state index contributed by atoms with van der Waals surface area (Å²) in [5.74, 6) is 0. The van der Waals surface area contributed by atoms with Gasteiger partial charge in [-0.05, 0) is 20.3 Å². The van der Waals surface area contributed by atoms with Crippen molar-refractivity contribution >= 4 is 6.01 Å². The molecule has 1 aromatic heterocycles. The Balaban J connectivity index is 2.67. The predicted octanol–water partition coefficient (Wildman–Crippen LogP) is 2.80. The maximum Gasteiger partial charge on any atom is 0.297 e. The molecule has 98 valence electrons. The zero-order valence-corrected chi connectivity index (χ0v) is 11.9. The van der Waals surface area contributed by atoms with Crippen molar-refractivity contribution in [2.75, 3.05) is 11.9 Å². The van der Waals surface area contributed by atoms with Gasteiger partial charge in [-0.25, -0.2) is 0 Å². The molecule has 0 saturated carbocycles. The van der Waals surface area contributed by atoms with Crippen molar-refractivity contribution in [3.63, 3.8) is 0 Å². The van der Waals surface area contributed by atoms with Crippen LogP contribution in [0.4, 0.5) is 6.01 Å². The number of aromatic nitrogens is 1. The molecule has 4 heteroatoms. The zero-order valence-electron chi connectivity index (χ0n) is 11.9. The maximum absolute atomic E-state index is 5.52. The average molecular weight is 239 g/mol. The molecule has 0 atom stereocenters. The lowest BCUT2D eigenvalue weighted by Crippen LogP contribution is -2.40. The van der Waals surface area contributed by atoms with Crippen LogP contribution >= 0.6 is 0 Å². The van der Waals surface area contributed by atoms with Gasteiger partial charge in [0.25, 0.3) is 6.01 Å². The van der Waals surface area contributed by atoms with E-state index in [1.165, 1.54) is 0 Å². The molecule has 0 aliphatic rings. The summed E-state index contributed by atoms with van der Waals surface area (Å²) < 4.78 is 5.52. The first-order valence-corrected chi connectivity index (χ1v) is 6.28. The van der Waals surface area contributed by atoms with Crippen LogP contribution in [0.1, 0.15) is 46.7 Å². The smallest absolute Gasteiger partial charge is 0.297 e. The summed E-state index contributed by atoms with van der Waals surface area (Å²) in [6.07, 6.45) is 2.78.